The van der Waals surface area contributed by atoms with Gasteiger partial charge in [-0.25, -0.2) is 0 Å². The van der Waals surface area contributed by atoms with Gasteiger partial charge in [-0.05, 0) is 0 Å². The SMILES string of the molecule is C1CNCCN1.CC.CC.CC.CC. The van der Waals surface area contributed by atoms with Gasteiger partial charge >= 0.3 is 0 Å². The van der Waals surface area contributed by atoms with Crippen LogP contribution in [0.3, 0.4) is 0 Å². The Labute approximate surface area is 92.9 Å². The molecule has 0 atom stereocenters. The number of piperazine rings is 1. The zero-order valence-corrected chi connectivity index (χ0v) is 11.8. The summed E-state index contributed by atoms with van der Waals surface area (Å²) in [6, 6.07) is 0. The van der Waals surface area contributed by atoms with Gasteiger partial charge in [0, 0.05) is 26.2 Å². The zero-order valence-electron chi connectivity index (χ0n) is 11.8. The number of hydrogen-bond donors (Lipinski definition) is 2. The highest BCUT2D eigenvalue weighted by Crippen LogP contribution is 1.65. The first-order chi connectivity index (χ1) is 7.00. The lowest BCUT2D eigenvalue weighted by molar-refractivity contribution is 0.534. The normalized spacial score (nSPS) is 12.0. The van der Waals surface area contributed by atoms with Crippen molar-refractivity contribution in [2.45, 2.75) is 55.4 Å². The van der Waals surface area contributed by atoms with Crippen LogP contribution in [-0.4, -0.2) is 26.2 Å². The largest absolute Gasteiger partial charge is 0.314 e. The van der Waals surface area contributed by atoms with Crippen molar-refractivity contribution in [3.8, 4) is 0 Å². The van der Waals surface area contributed by atoms with Crippen LogP contribution in [0.15, 0.2) is 0 Å². The average molecular weight is 206 g/mol. The first-order valence-electron chi connectivity index (χ1n) is 6.41. The van der Waals surface area contributed by atoms with Crippen LogP contribution in [0.1, 0.15) is 55.4 Å². The molecule has 1 aliphatic rings. The van der Waals surface area contributed by atoms with E-state index in [4.69, 9.17) is 0 Å². The Hall–Kier alpha value is -0.0800. The van der Waals surface area contributed by atoms with Crippen LogP contribution >= 0.6 is 0 Å². The molecule has 0 bridgehead atoms. The maximum absolute atomic E-state index is 3.22. The summed E-state index contributed by atoms with van der Waals surface area (Å²) in [5.41, 5.74) is 0. The predicted octanol–water partition coefficient (Wildman–Crippen LogP) is 3.28. The molecule has 0 spiro atoms. The lowest BCUT2D eigenvalue weighted by Crippen LogP contribution is -2.39. The fraction of sp³-hybridized carbons (Fsp3) is 1.00. The minimum absolute atomic E-state index is 1.14. The van der Waals surface area contributed by atoms with Crippen LogP contribution < -0.4 is 10.6 Å². The summed E-state index contributed by atoms with van der Waals surface area (Å²) >= 11 is 0. The van der Waals surface area contributed by atoms with Crippen LogP contribution in [0.25, 0.3) is 0 Å². The van der Waals surface area contributed by atoms with E-state index in [9.17, 15) is 0 Å². The van der Waals surface area contributed by atoms with E-state index in [1.165, 1.54) is 0 Å². The molecule has 2 N–H and O–H groups in total. The Morgan fingerprint density at radius 2 is 0.571 bits per heavy atom. The molecule has 1 heterocycles. The standard InChI is InChI=1S/C4H10N2.4C2H6/c1-2-6-4-3-5-1;4*1-2/h5-6H,1-4H2;4*1-2H3. The summed E-state index contributed by atoms with van der Waals surface area (Å²) < 4.78 is 0. The molecule has 1 fully saturated rings. The fourth-order valence-electron chi connectivity index (χ4n) is 0.604. The van der Waals surface area contributed by atoms with Gasteiger partial charge < -0.3 is 10.6 Å². The molecule has 0 saturated carbocycles. The number of rotatable bonds is 0. The second-order valence-corrected chi connectivity index (χ2v) is 1.50. The number of hydrogen-bond acceptors (Lipinski definition) is 2. The van der Waals surface area contributed by atoms with Gasteiger partial charge in [-0.3, -0.25) is 0 Å². The van der Waals surface area contributed by atoms with E-state index < -0.39 is 0 Å². The van der Waals surface area contributed by atoms with Crippen molar-refractivity contribution in [1.82, 2.24) is 10.6 Å². The van der Waals surface area contributed by atoms with Gasteiger partial charge in [-0.15, -0.1) is 0 Å². The van der Waals surface area contributed by atoms with Crippen LogP contribution in [-0.2, 0) is 0 Å². The Bertz CT molecular complexity index is 23.8. The molecule has 0 aromatic rings. The van der Waals surface area contributed by atoms with E-state index >= 15 is 0 Å². The average Bonchev–Trinajstić information content (AvgIpc) is 2.41. The molecule has 0 aromatic heterocycles. The lowest BCUT2D eigenvalue weighted by atomic mass is 10.4. The van der Waals surface area contributed by atoms with Crippen LogP contribution in [0.2, 0.25) is 0 Å². The quantitative estimate of drug-likeness (QED) is 0.635. The molecule has 0 aliphatic carbocycles. The molecule has 0 amide bonds. The Morgan fingerprint density at radius 1 is 0.429 bits per heavy atom. The summed E-state index contributed by atoms with van der Waals surface area (Å²) in [5, 5.41) is 6.44. The van der Waals surface area contributed by atoms with Crippen molar-refractivity contribution in [3.63, 3.8) is 0 Å². The van der Waals surface area contributed by atoms with Gasteiger partial charge in [0.25, 0.3) is 0 Å². The van der Waals surface area contributed by atoms with E-state index in [2.05, 4.69) is 10.6 Å². The molecular formula is C12H34N2. The van der Waals surface area contributed by atoms with Gasteiger partial charge in [0.05, 0.1) is 0 Å². The van der Waals surface area contributed by atoms with Crippen molar-refractivity contribution < 1.29 is 0 Å². The van der Waals surface area contributed by atoms with Crippen molar-refractivity contribution >= 4 is 0 Å². The third-order valence-corrected chi connectivity index (χ3v) is 0.957. The monoisotopic (exact) mass is 206 g/mol. The smallest absolute Gasteiger partial charge is 0.00772 e. The minimum Gasteiger partial charge on any atom is -0.314 e. The van der Waals surface area contributed by atoms with Crippen molar-refractivity contribution in [2.24, 2.45) is 0 Å². The first kappa shape index (κ1) is 23.6. The molecule has 2 nitrogen and oxygen atoms in total. The molecule has 2 heteroatoms. The lowest BCUT2D eigenvalue weighted by Gasteiger charge is -2.11. The molecule has 0 unspecified atom stereocenters. The fourth-order valence-corrected chi connectivity index (χ4v) is 0.604. The maximum Gasteiger partial charge on any atom is 0.00772 e. The van der Waals surface area contributed by atoms with Crippen molar-refractivity contribution in [3.05, 3.63) is 0 Å². The zero-order chi connectivity index (χ0) is 12.2. The van der Waals surface area contributed by atoms with Gasteiger partial charge in [-0.1, -0.05) is 55.4 Å². The summed E-state index contributed by atoms with van der Waals surface area (Å²) in [7, 11) is 0. The van der Waals surface area contributed by atoms with Crippen LogP contribution in [0, 0.1) is 0 Å². The Morgan fingerprint density at radius 3 is 0.643 bits per heavy atom. The molecule has 1 saturated heterocycles. The van der Waals surface area contributed by atoms with Crippen LogP contribution in [0.4, 0.5) is 0 Å². The highest BCUT2D eigenvalue weighted by atomic mass is 15.0. The van der Waals surface area contributed by atoms with Gasteiger partial charge in [0.2, 0.25) is 0 Å². The Balaban J connectivity index is -0.0000000542. The van der Waals surface area contributed by atoms with E-state index in [-0.39, 0.29) is 0 Å². The van der Waals surface area contributed by atoms with Gasteiger partial charge in [0.1, 0.15) is 0 Å². The van der Waals surface area contributed by atoms with Gasteiger partial charge in [0.15, 0.2) is 0 Å². The molecule has 92 valence electrons. The highest BCUT2D eigenvalue weighted by molar-refractivity contribution is 4.59. The second kappa shape index (κ2) is 52.4. The minimum atomic E-state index is 1.14. The highest BCUT2D eigenvalue weighted by Gasteiger charge is 1.91. The van der Waals surface area contributed by atoms with Crippen molar-refractivity contribution in [2.75, 3.05) is 26.2 Å². The van der Waals surface area contributed by atoms with E-state index in [0.29, 0.717) is 0 Å². The second-order valence-electron chi connectivity index (χ2n) is 1.50. The van der Waals surface area contributed by atoms with E-state index in [1.807, 2.05) is 55.4 Å². The molecule has 0 radical (unpaired) electrons. The van der Waals surface area contributed by atoms with E-state index in [1.54, 1.807) is 0 Å². The Kier molecular flexibility index (Phi) is 88.3. The molecule has 0 aromatic carbocycles. The predicted molar refractivity (Wildman–Crippen MR) is 71.1 cm³/mol. The van der Waals surface area contributed by atoms with Crippen LogP contribution in [0.5, 0.6) is 0 Å². The summed E-state index contributed by atoms with van der Waals surface area (Å²) in [4.78, 5) is 0. The molecule has 1 aliphatic heterocycles. The summed E-state index contributed by atoms with van der Waals surface area (Å²) in [5.74, 6) is 0. The first-order valence-corrected chi connectivity index (χ1v) is 6.41. The third-order valence-electron chi connectivity index (χ3n) is 0.957. The summed E-state index contributed by atoms with van der Waals surface area (Å²) in [6.07, 6.45) is 0. The van der Waals surface area contributed by atoms with Gasteiger partial charge in [-0.2, -0.15) is 0 Å². The van der Waals surface area contributed by atoms with E-state index in [0.717, 1.165) is 26.2 Å². The molecular weight excluding hydrogens is 172 g/mol. The summed E-state index contributed by atoms with van der Waals surface area (Å²) in [6.45, 7) is 20.6. The third kappa shape index (κ3) is 40.6. The maximum atomic E-state index is 3.22. The molecule has 14 heavy (non-hydrogen) atoms. The van der Waals surface area contributed by atoms with Crippen molar-refractivity contribution in [1.29, 1.82) is 0 Å². The molecule has 1 rings (SSSR count). The number of nitrogens with one attached hydrogen (secondary N) is 2. The topological polar surface area (TPSA) is 24.1 Å².